The van der Waals surface area contributed by atoms with Gasteiger partial charge in [-0.1, -0.05) is 17.8 Å². The van der Waals surface area contributed by atoms with Gasteiger partial charge in [-0.25, -0.2) is 0 Å². The molecule has 2 aromatic heterocycles. The van der Waals surface area contributed by atoms with E-state index in [2.05, 4.69) is 31.5 Å². The number of carbonyl (C=O) groups is 1. The quantitative estimate of drug-likeness (QED) is 0.731. The van der Waals surface area contributed by atoms with Gasteiger partial charge in [-0.05, 0) is 50.5 Å². The molecule has 128 valence electrons. The average molecular weight is 363 g/mol. The molecule has 0 saturated heterocycles. The lowest BCUT2D eigenvalue weighted by Gasteiger charge is -2.13. The zero-order valence-corrected chi connectivity index (χ0v) is 15.4. The fourth-order valence-electron chi connectivity index (χ4n) is 2.78. The van der Waals surface area contributed by atoms with Gasteiger partial charge in [0.15, 0.2) is 5.16 Å². The summed E-state index contributed by atoms with van der Waals surface area (Å²) in [7, 11) is 0. The first kappa shape index (κ1) is 16.1. The number of amides is 1. The first-order valence-electron chi connectivity index (χ1n) is 8.64. The van der Waals surface area contributed by atoms with Crippen LogP contribution in [0.1, 0.15) is 55.3 Å². The van der Waals surface area contributed by atoms with Crippen LogP contribution in [0.25, 0.3) is 0 Å². The molecule has 0 bridgehead atoms. The van der Waals surface area contributed by atoms with Gasteiger partial charge in [0, 0.05) is 23.4 Å². The molecule has 2 saturated carbocycles. The molecule has 2 aliphatic carbocycles. The van der Waals surface area contributed by atoms with Gasteiger partial charge in [0.2, 0.25) is 5.91 Å². The summed E-state index contributed by atoms with van der Waals surface area (Å²) >= 11 is 3.27. The predicted molar refractivity (Wildman–Crippen MR) is 96.6 cm³/mol. The van der Waals surface area contributed by atoms with Crippen molar-refractivity contribution >= 4 is 29.0 Å². The van der Waals surface area contributed by atoms with Gasteiger partial charge in [0.1, 0.15) is 5.82 Å². The third-order valence-corrected chi connectivity index (χ3v) is 6.44. The van der Waals surface area contributed by atoms with Crippen molar-refractivity contribution in [2.24, 2.45) is 0 Å². The van der Waals surface area contributed by atoms with Crippen LogP contribution in [0.5, 0.6) is 0 Å². The second-order valence-electron chi connectivity index (χ2n) is 6.60. The van der Waals surface area contributed by atoms with E-state index in [9.17, 15) is 4.79 Å². The number of aromatic nitrogens is 3. The first-order valence-corrected chi connectivity index (χ1v) is 10.4. The van der Waals surface area contributed by atoms with Gasteiger partial charge < -0.3 is 9.88 Å². The monoisotopic (exact) mass is 362 g/mol. The van der Waals surface area contributed by atoms with Gasteiger partial charge >= 0.3 is 0 Å². The summed E-state index contributed by atoms with van der Waals surface area (Å²) in [5.74, 6) is 1.82. The maximum absolute atomic E-state index is 12.3. The summed E-state index contributed by atoms with van der Waals surface area (Å²) in [4.78, 5) is 13.6. The maximum Gasteiger partial charge on any atom is 0.233 e. The van der Waals surface area contributed by atoms with E-state index in [-0.39, 0.29) is 11.2 Å². The Hall–Kier alpha value is -1.34. The fraction of sp³-hybridized carbons (Fsp3) is 0.588. The summed E-state index contributed by atoms with van der Waals surface area (Å²) in [6.07, 6.45) is 5.78. The fourth-order valence-corrected chi connectivity index (χ4v) is 4.44. The smallest absolute Gasteiger partial charge is 0.233 e. The lowest BCUT2D eigenvalue weighted by molar-refractivity contribution is -0.120. The number of carbonyl (C=O) groups excluding carboxylic acids is 1. The molecule has 2 fully saturated rings. The topological polar surface area (TPSA) is 59.8 Å². The second kappa shape index (κ2) is 6.88. The molecule has 4 rings (SSSR count). The highest BCUT2D eigenvalue weighted by Crippen LogP contribution is 2.46. The summed E-state index contributed by atoms with van der Waals surface area (Å²) in [6, 6.07) is 4.71. The van der Waals surface area contributed by atoms with E-state index < -0.39 is 0 Å². The van der Waals surface area contributed by atoms with Crippen LogP contribution >= 0.6 is 23.1 Å². The Morgan fingerprint density at radius 1 is 1.42 bits per heavy atom. The molecule has 5 nitrogen and oxygen atoms in total. The summed E-state index contributed by atoms with van der Waals surface area (Å²) in [5.41, 5.74) is 0. The van der Waals surface area contributed by atoms with Crippen LogP contribution in [0.2, 0.25) is 0 Å². The largest absolute Gasteiger partial charge is 0.355 e. The van der Waals surface area contributed by atoms with Crippen molar-refractivity contribution in [3.8, 4) is 0 Å². The van der Waals surface area contributed by atoms with Crippen LogP contribution in [-0.2, 0) is 11.2 Å². The van der Waals surface area contributed by atoms with Crippen LogP contribution < -0.4 is 5.32 Å². The van der Waals surface area contributed by atoms with Crippen molar-refractivity contribution in [1.29, 1.82) is 0 Å². The van der Waals surface area contributed by atoms with E-state index in [1.54, 1.807) is 23.1 Å². The lowest BCUT2D eigenvalue weighted by atomic mass is 10.3. The Morgan fingerprint density at radius 3 is 2.92 bits per heavy atom. The van der Waals surface area contributed by atoms with Crippen molar-refractivity contribution in [3.05, 3.63) is 28.2 Å². The second-order valence-corrected chi connectivity index (χ2v) is 8.94. The Kier molecular flexibility index (Phi) is 4.63. The molecule has 1 atom stereocenters. The van der Waals surface area contributed by atoms with Gasteiger partial charge in [0.05, 0.1) is 5.25 Å². The maximum atomic E-state index is 12.3. The molecule has 2 aromatic rings. The van der Waals surface area contributed by atoms with Crippen molar-refractivity contribution < 1.29 is 4.79 Å². The van der Waals surface area contributed by atoms with Gasteiger partial charge in [0.25, 0.3) is 0 Å². The standard InChI is InChI=1S/C17H22N4OS2/c1-11(16(22)18-9-8-14-3-2-10-23-14)24-17-20-19-15(12-4-5-12)21(17)13-6-7-13/h2-3,10-13H,4-9H2,1H3,(H,18,22)/t11-/m1/s1. The van der Waals surface area contributed by atoms with E-state index in [1.165, 1.54) is 30.6 Å². The molecular weight excluding hydrogens is 340 g/mol. The molecule has 2 heterocycles. The summed E-state index contributed by atoms with van der Waals surface area (Å²) in [5, 5.41) is 14.7. The Labute approximate surface area is 150 Å². The van der Waals surface area contributed by atoms with Crippen molar-refractivity contribution in [1.82, 2.24) is 20.1 Å². The number of rotatable bonds is 8. The molecule has 0 spiro atoms. The Bertz CT molecular complexity index is 704. The number of nitrogens with one attached hydrogen (secondary N) is 1. The van der Waals surface area contributed by atoms with Gasteiger partial charge in [-0.15, -0.1) is 21.5 Å². The number of hydrogen-bond acceptors (Lipinski definition) is 5. The van der Waals surface area contributed by atoms with Crippen LogP contribution in [-0.4, -0.2) is 32.5 Å². The van der Waals surface area contributed by atoms with E-state index in [0.29, 0.717) is 18.5 Å². The number of thiophene rings is 1. The molecule has 7 heteroatoms. The predicted octanol–water partition coefficient (Wildman–Crippen LogP) is 3.39. The number of nitrogens with zero attached hydrogens (tertiary/aromatic N) is 3. The van der Waals surface area contributed by atoms with E-state index >= 15 is 0 Å². The SMILES string of the molecule is C[C@@H](Sc1nnc(C2CC2)n1C1CC1)C(=O)NCCc1cccs1. The minimum absolute atomic E-state index is 0.0786. The molecule has 0 aromatic carbocycles. The van der Waals surface area contributed by atoms with Crippen LogP contribution in [0, 0.1) is 0 Å². The molecular formula is C17H22N4OS2. The zero-order valence-electron chi connectivity index (χ0n) is 13.8. The normalized spacial score (nSPS) is 18.5. The molecule has 0 radical (unpaired) electrons. The number of thioether (sulfide) groups is 1. The summed E-state index contributed by atoms with van der Waals surface area (Å²) in [6.45, 7) is 2.64. The molecule has 24 heavy (non-hydrogen) atoms. The lowest BCUT2D eigenvalue weighted by Crippen LogP contribution is -2.32. The minimum atomic E-state index is -0.151. The van der Waals surface area contributed by atoms with Crippen molar-refractivity contribution in [3.63, 3.8) is 0 Å². The highest BCUT2D eigenvalue weighted by atomic mass is 32.2. The Balaban J connectivity index is 1.33. The van der Waals surface area contributed by atoms with Gasteiger partial charge in [-0.2, -0.15) is 0 Å². The minimum Gasteiger partial charge on any atom is -0.355 e. The van der Waals surface area contributed by atoms with Gasteiger partial charge in [-0.3, -0.25) is 4.79 Å². The molecule has 1 amide bonds. The van der Waals surface area contributed by atoms with Crippen molar-refractivity contribution in [2.45, 2.75) is 61.4 Å². The molecule has 1 N–H and O–H groups in total. The van der Waals surface area contributed by atoms with Crippen LogP contribution in [0.15, 0.2) is 22.7 Å². The molecule has 0 unspecified atom stereocenters. The van der Waals surface area contributed by atoms with Crippen LogP contribution in [0.4, 0.5) is 0 Å². The highest BCUT2D eigenvalue weighted by Gasteiger charge is 2.37. The third-order valence-electron chi connectivity index (χ3n) is 4.45. The molecule has 2 aliphatic rings. The highest BCUT2D eigenvalue weighted by molar-refractivity contribution is 8.00. The van der Waals surface area contributed by atoms with E-state index in [0.717, 1.165) is 17.4 Å². The van der Waals surface area contributed by atoms with E-state index in [1.807, 2.05) is 13.0 Å². The Morgan fingerprint density at radius 2 is 2.25 bits per heavy atom. The average Bonchev–Trinajstić information content (AvgIpc) is 3.50. The van der Waals surface area contributed by atoms with Crippen molar-refractivity contribution in [2.75, 3.05) is 6.54 Å². The zero-order chi connectivity index (χ0) is 16.5. The van der Waals surface area contributed by atoms with Crippen LogP contribution in [0.3, 0.4) is 0 Å². The van der Waals surface area contributed by atoms with E-state index in [4.69, 9.17) is 0 Å². The third kappa shape index (κ3) is 3.67. The molecule has 0 aliphatic heterocycles. The number of hydrogen-bond donors (Lipinski definition) is 1. The summed E-state index contributed by atoms with van der Waals surface area (Å²) < 4.78 is 2.30. The first-order chi connectivity index (χ1) is 11.7.